The number of ether oxygens (including phenoxy) is 1. The zero-order valence-electron chi connectivity index (χ0n) is 18.5. The van der Waals surface area contributed by atoms with Crippen molar-refractivity contribution in [3.8, 4) is 11.4 Å². The lowest BCUT2D eigenvalue weighted by Crippen LogP contribution is -2.32. The highest BCUT2D eigenvalue weighted by Gasteiger charge is 2.14. The molecule has 1 aromatic heterocycles. The van der Waals surface area contributed by atoms with E-state index in [2.05, 4.69) is 15.8 Å². The SMILES string of the molecule is CCOc1ccc(NC(=O)C(=O)N/N=C\c2cc(C)n(-c3ccc(C(=O)O)cc3)c2C)cc1. The van der Waals surface area contributed by atoms with Gasteiger partial charge in [-0.1, -0.05) is 0 Å². The maximum Gasteiger partial charge on any atom is 0.335 e. The van der Waals surface area contributed by atoms with Gasteiger partial charge in [-0.15, -0.1) is 0 Å². The van der Waals surface area contributed by atoms with Crippen LogP contribution in [-0.2, 0) is 9.59 Å². The number of carboxylic acid groups (broad SMARTS) is 1. The Labute approximate surface area is 190 Å². The molecule has 170 valence electrons. The number of aromatic carboxylic acids is 1. The van der Waals surface area contributed by atoms with E-state index in [4.69, 9.17) is 9.84 Å². The van der Waals surface area contributed by atoms with Crippen molar-refractivity contribution in [1.29, 1.82) is 0 Å². The molecule has 1 heterocycles. The van der Waals surface area contributed by atoms with Gasteiger partial charge in [0.05, 0.1) is 18.4 Å². The molecule has 9 nitrogen and oxygen atoms in total. The zero-order chi connectivity index (χ0) is 24.0. The molecule has 0 saturated heterocycles. The van der Waals surface area contributed by atoms with Crippen molar-refractivity contribution in [1.82, 2.24) is 9.99 Å². The van der Waals surface area contributed by atoms with E-state index in [0.29, 0.717) is 18.0 Å². The van der Waals surface area contributed by atoms with E-state index in [1.807, 2.05) is 31.4 Å². The van der Waals surface area contributed by atoms with Gasteiger partial charge < -0.3 is 19.7 Å². The van der Waals surface area contributed by atoms with Crippen LogP contribution in [0.15, 0.2) is 59.7 Å². The van der Waals surface area contributed by atoms with Gasteiger partial charge in [0.1, 0.15) is 5.75 Å². The highest BCUT2D eigenvalue weighted by atomic mass is 16.5. The molecule has 0 spiro atoms. The molecular weight excluding hydrogens is 424 g/mol. The van der Waals surface area contributed by atoms with Crippen LogP contribution in [0.1, 0.15) is 34.2 Å². The molecule has 0 aliphatic carbocycles. The van der Waals surface area contributed by atoms with Crippen LogP contribution in [0.3, 0.4) is 0 Å². The van der Waals surface area contributed by atoms with Crippen molar-refractivity contribution in [2.24, 2.45) is 5.10 Å². The fourth-order valence-electron chi connectivity index (χ4n) is 3.27. The first-order chi connectivity index (χ1) is 15.8. The summed E-state index contributed by atoms with van der Waals surface area (Å²) in [7, 11) is 0. The number of anilines is 1. The number of carbonyl (C=O) groups is 3. The Bertz CT molecular complexity index is 1190. The molecule has 0 saturated carbocycles. The fourth-order valence-corrected chi connectivity index (χ4v) is 3.27. The van der Waals surface area contributed by atoms with Gasteiger partial charge in [0.2, 0.25) is 0 Å². The highest BCUT2D eigenvalue weighted by molar-refractivity contribution is 6.39. The first-order valence-electron chi connectivity index (χ1n) is 10.2. The lowest BCUT2D eigenvalue weighted by Gasteiger charge is -2.09. The number of hydrogen-bond acceptors (Lipinski definition) is 5. The van der Waals surface area contributed by atoms with E-state index in [9.17, 15) is 14.4 Å². The van der Waals surface area contributed by atoms with Crippen molar-refractivity contribution in [3.63, 3.8) is 0 Å². The van der Waals surface area contributed by atoms with E-state index >= 15 is 0 Å². The smallest absolute Gasteiger partial charge is 0.335 e. The van der Waals surface area contributed by atoms with E-state index in [1.165, 1.54) is 18.3 Å². The molecule has 0 aliphatic rings. The van der Waals surface area contributed by atoms with Gasteiger partial charge in [-0.2, -0.15) is 5.10 Å². The Kier molecular flexibility index (Phi) is 7.24. The summed E-state index contributed by atoms with van der Waals surface area (Å²) >= 11 is 0. The third-order valence-electron chi connectivity index (χ3n) is 4.84. The van der Waals surface area contributed by atoms with Crippen LogP contribution in [0.5, 0.6) is 5.75 Å². The predicted molar refractivity (Wildman–Crippen MR) is 124 cm³/mol. The van der Waals surface area contributed by atoms with Crippen molar-refractivity contribution >= 4 is 29.7 Å². The summed E-state index contributed by atoms with van der Waals surface area (Å²) < 4.78 is 7.27. The standard InChI is InChI=1S/C24H24N4O5/c1-4-33-21-11-7-19(8-12-21)26-22(29)23(30)27-25-14-18-13-15(2)28(16(18)3)20-9-5-17(6-10-20)24(31)32/h5-14H,4H2,1-3H3,(H,26,29)(H,27,30)(H,31,32)/b25-14-. The third-order valence-corrected chi connectivity index (χ3v) is 4.84. The number of carbonyl (C=O) groups excluding carboxylic acids is 2. The number of carboxylic acids is 1. The molecule has 3 N–H and O–H groups in total. The monoisotopic (exact) mass is 448 g/mol. The fraction of sp³-hybridized carbons (Fsp3) is 0.167. The largest absolute Gasteiger partial charge is 0.494 e. The molecule has 0 bridgehead atoms. The average molecular weight is 448 g/mol. The highest BCUT2D eigenvalue weighted by Crippen LogP contribution is 2.20. The van der Waals surface area contributed by atoms with Crippen LogP contribution in [0.25, 0.3) is 5.69 Å². The van der Waals surface area contributed by atoms with Gasteiger partial charge in [0, 0.05) is 28.3 Å². The average Bonchev–Trinajstić information content (AvgIpc) is 3.08. The molecule has 0 unspecified atom stereocenters. The number of rotatable bonds is 7. The predicted octanol–water partition coefficient (Wildman–Crippen LogP) is 3.28. The maximum absolute atomic E-state index is 12.1. The number of hydrogen-bond donors (Lipinski definition) is 3. The van der Waals surface area contributed by atoms with E-state index < -0.39 is 17.8 Å². The number of aromatic nitrogens is 1. The maximum atomic E-state index is 12.1. The first-order valence-corrected chi connectivity index (χ1v) is 10.2. The Morgan fingerprint density at radius 3 is 2.30 bits per heavy atom. The van der Waals surface area contributed by atoms with Gasteiger partial charge in [0.25, 0.3) is 0 Å². The second kappa shape index (κ2) is 10.3. The van der Waals surface area contributed by atoms with E-state index in [1.54, 1.807) is 36.4 Å². The van der Waals surface area contributed by atoms with Gasteiger partial charge in [-0.25, -0.2) is 10.2 Å². The van der Waals surface area contributed by atoms with Crippen LogP contribution < -0.4 is 15.5 Å². The van der Waals surface area contributed by atoms with Crippen LogP contribution in [0.4, 0.5) is 5.69 Å². The van der Waals surface area contributed by atoms with Crippen LogP contribution >= 0.6 is 0 Å². The van der Waals surface area contributed by atoms with Crippen LogP contribution in [0.2, 0.25) is 0 Å². The van der Waals surface area contributed by atoms with Crippen molar-refractivity contribution in [2.45, 2.75) is 20.8 Å². The molecule has 2 aromatic carbocycles. The lowest BCUT2D eigenvalue weighted by atomic mass is 10.2. The summed E-state index contributed by atoms with van der Waals surface area (Å²) in [5.74, 6) is -2.07. The van der Waals surface area contributed by atoms with Crippen LogP contribution in [0, 0.1) is 13.8 Å². The Morgan fingerprint density at radius 1 is 1.03 bits per heavy atom. The van der Waals surface area contributed by atoms with Gasteiger partial charge >= 0.3 is 17.8 Å². The molecule has 0 radical (unpaired) electrons. The third kappa shape index (κ3) is 5.65. The van der Waals surface area contributed by atoms with Crippen molar-refractivity contribution < 1.29 is 24.2 Å². The molecule has 0 aliphatic heterocycles. The summed E-state index contributed by atoms with van der Waals surface area (Å²) in [5.41, 5.74) is 6.16. The Hall–Kier alpha value is -4.40. The second-order valence-corrected chi connectivity index (χ2v) is 7.12. The number of nitrogens with one attached hydrogen (secondary N) is 2. The summed E-state index contributed by atoms with van der Waals surface area (Å²) in [6.45, 7) is 6.18. The summed E-state index contributed by atoms with van der Waals surface area (Å²) in [6, 6.07) is 15.0. The second-order valence-electron chi connectivity index (χ2n) is 7.12. The number of amides is 2. The van der Waals surface area contributed by atoms with E-state index in [0.717, 1.165) is 22.6 Å². The minimum Gasteiger partial charge on any atom is -0.494 e. The van der Waals surface area contributed by atoms with E-state index in [-0.39, 0.29) is 5.56 Å². The van der Waals surface area contributed by atoms with Crippen molar-refractivity contribution in [2.75, 3.05) is 11.9 Å². The first kappa shape index (κ1) is 23.3. The normalized spacial score (nSPS) is 10.8. The Morgan fingerprint density at radius 2 is 1.70 bits per heavy atom. The van der Waals surface area contributed by atoms with Crippen LogP contribution in [-0.4, -0.2) is 40.3 Å². The molecule has 3 aromatic rings. The summed E-state index contributed by atoms with van der Waals surface area (Å²) in [5, 5.41) is 15.4. The Balaban J connectivity index is 1.63. The number of benzene rings is 2. The molecule has 33 heavy (non-hydrogen) atoms. The topological polar surface area (TPSA) is 122 Å². The van der Waals surface area contributed by atoms with Crippen molar-refractivity contribution in [3.05, 3.63) is 77.1 Å². The molecular formula is C24H24N4O5. The molecule has 0 fully saturated rings. The zero-order valence-corrected chi connectivity index (χ0v) is 18.5. The van der Waals surface area contributed by atoms with Gasteiger partial charge in [-0.3, -0.25) is 9.59 Å². The molecule has 3 rings (SSSR count). The summed E-state index contributed by atoms with van der Waals surface area (Å²) in [6.07, 6.45) is 1.45. The number of nitrogens with zero attached hydrogens (tertiary/aromatic N) is 2. The quantitative estimate of drug-likeness (QED) is 0.291. The lowest BCUT2D eigenvalue weighted by molar-refractivity contribution is -0.136. The molecule has 0 atom stereocenters. The summed E-state index contributed by atoms with van der Waals surface area (Å²) in [4.78, 5) is 35.2. The van der Waals surface area contributed by atoms with Gasteiger partial charge in [0.15, 0.2) is 0 Å². The minimum absolute atomic E-state index is 0.203. The number of aryl methyl sites for hydroxylation is 1. The molecule has 2 amide bonds. The van der Waals surface area contributed by atoms with Gasteiger partial charge in [-0.05, 0) is 75.4 Å². The number of hydrazone groups is 1. The minimum atomic E-state index is -0.988. The molecule has 9 heteroatoms.